The smallest absolute Gasteiger partial charge is 0.393 e. The van der Waals surface area contributed by atoms with Gasteiger partial charge >= 0.3 is 6.18 Å². The highest BCUT2D eigenvalue weighted by molar-refractivity contribution is 6.04. The zero-order chi connectivity index (χ0) is 33.7. The number of likely N-dealkylation sites (tertiary alicyclic amines) is 1. The first-order chi connectivity index (χ1) is 22.5. The molecule has 1 aliphatic rings. The Hall–Kier alpha value is -4.83. The number of benzene rings is 2. The number of hydrogen-bond donors (Lipinski definition) is 4. The van der Waals surface area contributed by atoms with Gasteiger partial charge in [0.15, 0.2) is 5.65 Å². The zero-order valence-electron chi connectivity index (χ0n) is 26.9. The van der Waals surface area contributed by atoms with Gasteiger partial charge in [0.1, 0.15) is 5.69 Å². The maximum atomic E-state index is 14.1. The second-order valence-electron chi connectivity index (χ2n) is 11.8. The van der Waals surface area contributed by atoms with Crippen LogP contribution in [0.15, 0.2) is 72.8 Å². The van der Waals surface area contributed by atoms with Crippen molar-refractivity contribution in [3.8, 4) is 11.8 Å². The topological polar surface area (TPSA) is 103 Å². The number of nitrogens with one attached hydrogen (secondary N) is 3. The molecule has 0 aliphatic carbocycles. The Bertz CT molecular complexity index is 1850. The van der Waals surface area contributed by atoms with Crippen LogP contribution in [0.3, 0.4) is 0 Å². The number of imidazole rings is 1. The predicted octanol–water partition coefficient (Wildman–Crippen LogP) is 4.88. The van der Waals surface area contributed by atoms with Gasteiger partial charge in [0, 0.05) is 74.2 Å². The van der Waals surface area contributed by atoms with E-state index in [0.29, 0.717) is 36.0 Å². The minimum Gasteiger partial charge on any atom is -0.393 e. The summed E-state index contributed by atoms with van der Waals surface area (Å²) in [5, 5.41) is 8.88. The summed E-state index contributed by atoms with van der Waals surface area (Å²) >= 11 is 0. The first-order valence-corrected chi connectivity index (χ1v) is 15.3. The third-order valence-corrected chi connectivity index (χ3v) is 8.24. The summed E-state index contributed by atoms with van der Waals surface area (Å²) in [6, 6.07) is 13.1. The van der Waals surface area contributed by atoms with Crippen molar-refractivity contribution in [2.75, 3.05) is 51.4 Å². The number of nitrogens with zero attached hydrogens (tertiary/aromatic N) is 4. The van der Waals surface area contributed by atoms with Crippen LogP contribution >= 0.6 is 0 Å². The minimum atomic E-state index is -4.56. The van der Waals surface area contributed by atoms with Crippen molar-refractivity contribution in [3.63, 3.8) is 0 Å². The van der Waals surface area contributed by atoms with Gasteiger partial charge in [0.05, 0.1) is 17.4 Å². The van der Waals surface area contributed by atoms with E-state index in [-0.39, 0.29) is 23.4 Å². The molecule has 5 N–H and O–H groups in total. The van der Waals surface area contributed by atoms with Crippen LogP contribution in [0.25, 0.3) is 5.65 Å². The summed E-state index contributed by atoms with van der Waals surface area (Å²) in [5.41, 5.74) is 9.92. The lowest BCUT2D eigenvalue weighted by Crippen LogP contribution is -2.31. The molecule has 0 unspecified atom stereocenters. The monoisotopic (exact) mass is 644 g/mol. The summed E-state index contributed by atoms with van der Waals surface area (Å²) in [6.07, 6.45) is 1.64. The first kappa shape index (κ1) is 33.5. The maximum Gasteiger partial charge on any atom is 0.416 e. The van der Waals surface area contributed by atoms with Gasteiger partial charge in [-0.2, -0.15) is 13.2 Å². The third-order valence-electron chi connectivity index (χ3n) is 8.24. The van der Waals surface area contributed by atoms with E-state index in [2.05, 4.69) is 37.7 Å². The van der Waals surface area contributed by atoms with Gasteiger partial charge in [0.25, 0.3) is 5.91 Å². The summed E-state index contributed by atoms with van der Waals surface area (Å²) in [5.74, 6) is 5.74. The maximum absolute atomic E-state index is 14.1. The Morgan fingerprint density at radius 1 is 1.15 bits per heavy atom. The molecule has 1 saturated heterocycles. The molecule has 3 heterocycles. The van der Waals surface area contributed by atoms with E-state index < -0.39 is 17.6 Å². The molecule has 1 atom stereocenters. The fourth-order valence-corrected chi connectivity index (χ4v) is 5.60. The average molecular weight is 645 g/mol. The lowest BCUT2D eigenvalue weighted by atomic mass is 10.0. The molecule has 9 nitrogen and oxygen atoms in total. The molecular weight excluding hydrogens is 605 g/mol. The van der Waals surface area contributed by atoms with Crippen LogP contribution in [-0.4, -0.2) is 71.9 Å². The third kappa shape index (κ3) is 7.94. The molecule has 1 amide bonds. The fraction of sp³-hybridized carbons (Fsp3) is 0.314. The highest BCUT2D eigenvalue weighted by Gasteiger charge is 2.35. The Balaban J connectivity index is 1.34. The molecule has 47 heavy (non-hydrogen) atoms. The number of carbonyl (C=O) groups excluding carboxylic acids is 1. The fourth-order valence-electron chi connectivity index (χ4n) is 5.60. The SMILES string of the molecule is CN/C=C(\CN)Nc1cccn2c(C#Cc3cc(C(=O)Nc4ccc(CN5CC[C@H](N(C)C)C5)c(C(F)(F)F)c4)ccc3C)cnc12. The molecule has 5 rings (SSSR count). The van der Waals surface area contributed by atoms with Gasteiger partial charge in [0.2, 0.25) is 0 Å². The van der Waals surface area contributed by atoms with Gasteiger partial charge in [-0.15, -0.1) is 0 Å². The summed E-state index contributed by atoms with van der Waals surface area (Å²) < 4.78 is 44.2. The molecule has 246 valence electrons. The van der Waals surface area contributed by atoms with Crippen LogP contribution in [0, 0.1) is 18.8 Å². The number of aryl methyl sites for hydroxylation is 1. The number of amides is 1. The lowest BCUT2D eigenvalue weighted by Gasteiger charge is -2.22. The van der Waals surface area contributed by atoms with Gasteiger partial charge in [-0.25, -0.2) is 4.98 Å². The van der Waals surface area contributed by atoms with E-state index in [1.54, 1.807) is 37.6 Å². The van der Waals surface area contributed by atoms with E-state index in [0.717, 1.165) is 36.0 Å². The number of rotatable bonds is 9. The number of pyridine rings is 1. The number of nitrogens with two attached hydrogens (primary N) is 1. The van der Waals surface area contributed by atoms with Gasteiger partial charge in [-0.1, -0.05) is 18.1 Å². The van der Waals surface area contributed by atoms with Crippen molar-refractivity contribution >= 4 is 22.9 Å². The van der Waals surface area contributed by atoms with E-state index in [9.17, 15) is 18.0 Å². The number of likely N-dealkylation sites (N-methyl/N-ethyl adjacent to an activating group) is 1. The van der Waals surface area contributed by atoms with E-state index in [1.807, 2.05) is 48.6 Å². The molecule has 1 fully saturated rings. The second kappa shape index (κ2) is 14.3. The van der Waals surface area contributed by atoms with Crippen LogP contribution in [0.5, 0.6) is 0 Å². The van der Waals surface area contributed by atoms with E-state index >= 15 is 0 Å². The number of fused-ring (bicyclic) bond motifs is 1. The zero-order valence-corrected chi connectivity index (χ0v) is 26.9. The molecule has 0 bridgehead atoms. The van der Waals surface area contributed by atoms with Gasteiger partial charge < -0.3 is 26.6 Å². The lowest BCUT2D eigenvalue weighted by molar-refractivity contribution is -0.138. The van der Waals surface area contributed by atoms with Crippen LogP contribution in [0.1, 0.15) is 44.7 Å². The quantitative estimate of drug-likeness (QED) is 0.193. The van der Waals surface area contributed by atoms with E-state index in [4.69, 9.17) is 5.73 Å². The second-order valence-corrected chi connectivity index (χ2v) is 11.8. The van der Waals surface area contributed by atoms with Crippen molar-refractivity contribution in [3.05, 3.63) is 106 Å². The van der Waals surface area contributed by atoms with Crippen molar-refractivity contribution in [1.29, 1.82) is 0 Å². The molecule has 4 aromatic rings. The van der Waals surface area contributed by atoms with Gasteiger partial charge in [-0.05, 0) is 80.9 Å². The number of anilines is 2. The normalized spacial score (nSPS) is 15.5. The van der Waals surface area contributed by atoms with Crippen LogP contribution < -0.4 is 21.7 Å². The predicted molar refractivity (Wildman–Crippen MR) is 179 cm³/mol. The standard InChI is InChI=1S/C35H39F3N8O/c1-23-7-8-25(16-24(23)10-12-29-20-41-33-32(6-5-14-46(29)33)42-28(18-39)19-40-2)34(47)43-27-11-9-26(31(17-27)35(36,37)38)21-45-15-13-30(22-45)44(3)4/h5-9,11,14,16-17,19-20,30,40,42H,13,15,18,21-22,39H2,1-4H3,(H,43,47)/b28-19+/t30-/m0/s1. The van der Waals surface area contributed by atoms with Crippen molar-refractivity contribution in [2.24, 2.45) is 5.73 Å². The molecule has 2 aromatic carbocycles. The molecule has 2 aromatic heterocycles. The molecular formula is C35H39F3N8O. The number of alkyl halides is 3. The van der Waals surface area contributed by atoms with Crippen LogP contribution in [-0.2, 0) is 12.7 Å². The highest BCUT2D eigenvalue weighted by atomic mass is 19.4. The van der Waals surface area contributed by atoms with E-state index in [1.165, 1.54) is 12.1 Å². The molecule has 1 aliphatic heterocycles. The molecule has 0 spiro atoms. The summed E-state index contributed by atoms with van der Waals surface area (Å²) in [7, 11) is 5.75. The summed E-state index contributed by atoms with van der Waals surface area (Å²) in [6.45, 7) is 3.82. The van der Waals surface area contributed by atoms with Crippen molar-refractivity contribution in [2.45, 2.75) is 32.1 Å². The number of hydrogen-bond acceptors (Lipinski definition) is 7. The van der Waals surface area contributed by atoms with Crippen molar-refractivity contribution in [1.82, 2.24) is 24.5 Å². The van der Waals surface area contributed by atoms with Crippen molar-refractivity contribution < 1.29 is 18.0 Å². The molecule has 0 radical (unpaired) electrons. The number of carbonyl (C=O) groups is 1. The van der Waals surface area contributed by atoms with Gasteiger partial charge in [-0.3, -0.25) is 14.1 Å². The Morgan fingerprint density at radius 2 is 1.96 bits per heavy atom. The largest absolute Gasteiger partial charge is 0.416 e. The van der Waals surface area contributed by atoms with Crippen LogP contribution in [0.4, 0.5) is 24.5 Å². The Labute approximate surface area is 272 Å². The minimum absolute atomic E-state index is 0.0735. The number of aromatic nitrogens is 2. The highest BCUT2D eigenvalue weighted by Crippen LogP contribution is 2.35. The molecule has 12 heteroatoms. The summed E-state index contributed by atoms with van der Waals surface area (Å²) in [4.78, 5) is 21.9. The average Bonchev–Trinajstić information content (AvgIpc) is 3.68. The first-order valence-electron chi connectivity index (χ1n) is 15.3. The Kier molecular flexibility index (Phi) is 10.2. The number of halogens is 3. The molecule has 0 saturated carbocycles. The Morgan fingerprint density at radius 3 is 2.66 bits per heavy atom. The van der Waals surface area contributed by atoms with Crippen LogP contribution in [0.2, 0.25) is 0 Å².